The quantitative estimate of drug-likeness (QED) is 0.479. The van der Waals surface area contributed by atoms with E-state index in [-0.39, 0.29) is 16.9 Å². The number of carbonyl (C=O) groups excluding carboxylic acids is 2. The van der Waals surface area contributed by atoms with Gasteiger partial charge in [0.15, 0.2) is 0 Å². The highest BCUT2D eigenvalue weighted by Gasteiger charge is 2.28. The Morgan fingerprint density at radius 2 is 1.67 bits per heavy atom. The molecular formula is C26H29FN4O4S. The van der Waals surface area contributed by atoms with Crippen LogP contribution in [0, 0.1) is 5.82 Å². The van der Waals surface area contributed by atoms with Crippen LogP contribution in [0.5, 0.6) is 0 Å². The van der Waals surface area contributed by atoms with Gasteiger partial charge < -0.3 is 10.2 Å². The molecule has 0 spiro atoms. The van der Waals surface area contributed by atoms with Gasteiger partial charge in [0, 0.05) is 42.7 Å². The Labute approximate surface area is 210 Å². The number of nitrogens with zero attached hydrogens (tertiary/aromatic N) is 2. The second-order valence-corrected chi connectivity index (χ2v) is 11.1. The normalized spacial score (nSPS) is 12.6. The molecule has 190 valence electrons. The average Bonchev–Trinajstić information content (AvgIpc) is 2.81. The molecule has 0 aliphatic heterocycles. The molecule has 0 bridgehead atoms. The lowest BCUT2D eigenvalue weighted by Gasteiger charge is -2.27. The van der Waals surface area contributed by atoms with Crippen LogP contribution in [0.3, 0.4) is 0 Å². The van der Waals surface area contributed by atoms with E-state index in [0.717, 1.165) is 5.56 Å². The second-order valence-electron chi connectivity index (χ2n) is 9.37. The Bertz CT molecular complexity index is 1310. The van der Waals surface area contributed by atoms with Crippen molar-refractivity contribution < 1.29 is 22.4 Å². The van der Waals surface area contributed by atoms with Crippen molar-refractivity contribution >= 4 is 27.5 Å². The van der Waals surface area contributed by atoms with Gasteiger partial charge >= 0.3 is 0 Å². The topological polar surface area (TPSA) is 108 Å². The molecular weight excluding hydrogens is 483 g/mol. The summed E-state index contributed by atoms with van der Waals surface area (Å²) in [4.78, 5) is 31.8. The number of sulfonamides is 1. The fourth-order valence-corrected chi connectivity index (χ4v) is 4.91. The number of hydrogen-bond acceptors (Lipinski definition) is 5. The third-order valence-corrected chi connectivity index (χ3v) is 6.98. The maximum absolute atomic E-state index is 13.3. The van der Waals surface area contributed by atoms with E-state index in [1.54, 1.807) is 45.3 Å². The lowest BCUT2D eigenvalue weighted by Crippen LogP contribution is -2.46. The van der Waals surface area contributed by atoms with Gasteiger partial charge in [0.05, 0.1) is 4.90 Å². The Morgan fingerprint density at radius 3 is 2.22 bits per heavy atom. The zero-order valence-corrected chi connectivity index (χ0v) is 21.3. The van der Waals surface area contributed by atoms with Gasteiger partial charge in [-0.05, 0) is 80.9 Å². The molecule has 10 heteroatoms. The highest BCUT2D eigenvalue weighted by atomic mass is 32.2. The average molecular weight is 513 g/mol. The van der Waals surface area contributed by atoms with Crippen LogP contribution >= 0.6 is 0 Å². The van der Waals surface area contributed by atoms with Crippen LogP contribution in [0.2, 0.25) is 0 Å². The molecule has 0 radical (unpaired) electrons. The minimum absolute atomic E-state index is 0.0611. The number of anilines is 1. The van der Waals surface area contributed by atoms with Crippen LogP contribution in [0.1, 0.15) is 36.7 Å². The molecule has 0 aliphatic carbocycles. The first kappa shape index (κ1) is 27.0. The van der Waals surface area contributed by atoms with Crippen molar-refractivity contribution in [1.29, 1.82) is 0 Å². The summed E-state index contributed by atoms with van der Waals surface area (Å²) in [7, 11) is -2.23. The van der Waals surface area contributed by atoms with Crippen LogP contribution < -0.4 is 10.0 Å². The Hall–Kier alpha value is -3.63. The standard InChI is InChI=1S/C26H29FN4O4S/c1-26(2,3)30-36(34,35)22-13-11-21(12-14-22)29-24(32)23(16-18-6-5-15-28-17-18)31(4)25(33)19-7-9-20(27)10-8-19/h5-15,17,23,30H,16H2,1-4H3,(H,29,32)/t23-/m0/s1. The van der Waals surface area contributed by atoms with Crippen molar-refractivity contribution in [2.75, 3.05) is 12.4 Å². The number of benzene rings is 2. The number of carbonyl (C=O) groups is 2. The molecule has 0 saturated carbocycles. The van der Waals surface area contributed by atoms with Crippen LogP contribution in [0.15, 0.2) is 78.0 Å². The minimum Gasteiger partial charge on any atom is -0.329 e. The first-order valence-electron chi connectivity index (χ1n) is 11.2. The fourth-order valence-electron chi connectivity index (χ4n) is 3.49. The van der Waals surface area contributed by atoms with Gasteiger partial charge in [0.25, 0.3) is 5.91 Å². The number of nitrogens with one attached hydrogen (secondary N) is 2. The number of aromatic nitrogens is 1. The van der Waals surface area contributed by atoms with Crippen LogP contribution in [0.4, 0.5) is 10.1 Å². The van der Waals surface area contributed by atoms with Crippen molar-refractivity contribution in [3.63, 3.8) is 0 Å². The third-order valence-electron chi connectivity index (χ3n) is 5.21. The SMILES string of the molecule is CN(C(=O)c1ccc(F)cc1)[C@@H](Cc1cccnc1)C(=O)Nc1ccc(S(=O)(=O)NC(C)(C)C)cc1. The first-order valence-corrected chi connectivity index (χ1v) is 12.7. The van der Waals surface area contributed by atoms with Gasteiger partial charge in [0.1, 0.15) is 11.9 Å². The predicted octanol–water partition coefficient (Wildman–Crippen LogP) is 3.62. The molecule has 8 nitrogen and oxygen atoms in total. The Morgan fingerprint density at radius 1 is 1.03 bits per heavy atom. The van der Waals surface area contributed by atoms with Crippen molar-refractivity contribution in [2.45, 2.75) is 43.7 Å². The van der Waals surface area contributed by atoms with E-state index in [0.29, 0.717) is 5.69 Å². The van der Waals surface area contributed by atoms with Gasteiger partial charge in [-0.1, -0.05) is 6.07 Å². The van der Waals surface area contributed by atoms with Crippen molar-refractivity contribution in [1.82, 2.24) is 14.6 Å². The third kappa shape index (κ3) is 7.19. The summed E-state index contributed by atoms with van der Waals surface area (Å²) in [6.45, 7) is 5.22. The monoisotopic (exact) mass is 512 g/mol. The molecule has 3 rings (SSSR count). The molecule has 1 heterocycles. The summed E-state index contributed by atoms with van der Waals surface area (Å²) in [5.41, 5.74) is 0.704. The molecule has 0 unspecified atom stereocenters. The summed E-state index contributed by atoms with van der Waals surface area (Å²) in [5, 5.41) is 2.76. The van der Waals surface area contributed by atoms with E-state index in [9.17, 15) is 22.4 Å². The molecule has 2 amide bonds. The summed E-state index contributed by atoms with van der Waals surface area (Å²) in [5.74, 6) is -1.39. The van der Waals surface area contributed by atoms with Crippen LogP contribution in [0.25, 0.3) is 0 Å². The molecule has 1 aromatic heterocycles. The highest BCUT2D eigenvalue weighted by Crippen LogP contribution is 2.18. The van der Waals surface area contributed by atoms with Crippen LogP contribution in [-0.2, 0) is 21.2 Å². The van der Waals surface area contributed by atoms with Gasteiger partial charge in [-0.25, -0.2) is 17.5 Å². The Balaban J connectivity index is 1.82. The summed E-state index contributed by atoms with van der Waals surface area (Å²) in [6, 6.07) is 13.5. The van der Waals surface area contributed by atoms with E-state index in [4.69, 9.17) is 0 Å². The zero-order valence-electron chi connectivity index (χ0n) is 20.5. The molecule has 0 aliphatic rings. The molecule has 2 N–H and O–H groups in total. The van der Waals surface area contributed by atoms with Crippen LogP contribution in [-0.4, -0.2) is 48.7 Å². The van der Waals surface area contributed by atoms with Gasteiger partial charge in [-0.15, -0.1) is 0 Å². The maximum atomic E-state index is 13.3. The fraction of sp³-hybridized carbons (Fsp3) is 0.269. The molecule has 0 fully saturated rings. The minimum atomic E-state index is -3.73. The zero-order chi connectivity index (χ0) is 26.5. The molecule has 1 atom stereocenters. The van der Waals surface area contributed by atoms with E-state index in [1.165, 1.54) is 60.5 Å². The maximum Gasteiger partial charge on any atom is 0.254 e. The number of pyridine rings is 1. The summed E-state index contributed by atoms with van der Waals surface area (Å²) >= 11 is 0. The Kier molecular flexibility index (Phi) is 8.21. The first-order chi connectivity index (χ1) is 16.9. The largest absolute Gasteiger partial charge is 0.329 e. The molecule has 2 aromatic carbocycles. The lowest BCUT2D eigenvalue weighted by atomic mass is 10.0. The number of amides is 2. The molecule has 0 saturated heterocycles. The number of hydrogen-bond donors (Lipinski definition) is 2. The molecule has 3 aromatic rings. The second kappa shape index (κ2) is 11.0. The summed E-state index contributed by atoms with van der Waals surface area (Å²) < 4.78 is 41.0. The van der Waals surface area contributed by atoms with E-state index >= 15 is 0 Å². The lowest BCUT2D eigenvalue weighted by molar-refractivity contribution is -0.120. The number of likely N-dealkylation sites (N-methyl/N-ethyl adjacent to an activating group) is 1. The highest BCUT2D eigenvalue weighted by molar-refractivity contribution is 7.89. The van der Waals surface area contributed by atoms with Gasteiger partial charge in [-0.2, -0.15) is 0 Å². The van der Waals surface area contributed by atoms with E-state index < -0.39 is 39.2 Å². The van der Waals surface area contributed by atoms with Gasteiger partial charge in [0.2, 0.25) is 15.9 Å². The van der Waals surface area contributed by atoms with Crippen molar-refractivity contribution in [3.8, 4) is 0 Å². The van der Waals surface area contributed by atoms with E-state index in [2.05, 4.69) is 15.0 Å². The van der Waals surface area contributed by atoms with E-state index in [1.807, 2.05) is 0 Å². The van der Waals surface area contributed by atoms with Crippen molar-refractivity contribution in [3.05, 3.63) is 90.0 Å². The molecule has 36 heavy (non-hydrogen) atoms. The summed E-state index contributed by atoms with van der Waals surface area (Å²) in [6.07, 6.45) is 3.40. The van der Waals surface area contributed by atoms with Gasteiger partial charge in [-0.3, -0.25) is 14.6 Å². The number of rotatable bonds is 8. The smallest absolute Gasteiger partial charge is 0.254 e. The van der Waals surface area contributed by atoms with Crippen molar-refractivity contribution in [2.24, 2.45) is 0 Å². The predicted molar refractivity (Wildman–Crippen MR) is 135 cm³/mol. The number of halogens is 1.